The quantitative estimate of drug-likeness (QED) is 0.719. The maximum Gasteiger partial charge on any atom is 0.411 e. The molecule has 2 fully saturated rings. The summed E-state index contributed by atoms with van der Waals surface area (Å²) >= 11 is 0. The third kappa shape index (κ3) is 3.17. The van der Waals surface area contributed by atoms with Crippen LogP contribution in [-0.4, -0.2) is 48.2 Å². The second-order valence-corrected chi connectivity index (χ2v) is 5.45. The Bertz CT molecular complexity index is 356. The highest BCUT2D eigenvalue weighted by Gasteiger charge is 2.55. The van der Waals surface area contributed by atoms with E-state index in [0.29, 0.717) is 12.8 Å². The van der Waals surface area contributed by atoms with Crippen molar-refractivity contribution < 1.29 is 27.8 Å². The summed E-state index contributed by atoms with van der Waals surface area (Å²) in [5, 5.41) is 13.9. The van der Waals surface area contributed by atoms with E-state index in [2.05, 4.69) is 10.6 Å². The second-order valence-electron chi connectivity index (χ2n) is 5.45. The molecule has 3 N–H and O–H groups in total. The van der Waals surface area contributed by atoms with E-state index in [-0.39, 0.29) is 26.1 Å². The van der Waals surface area contributed by atoms with Gasteiger partial charge in [0.15, 0.2) is 0 Å². The molecule has 0 radical (unpaired) electrons. The highest BCUT2D eigenvalue weighted by molar-refractivity contribution is 5.75. The van der Waals surface area contributed by atoms with Crippen molar-refractivity contribution in [2.24, 2.45) is 0 Å². The van der Waals surface area contributed by atoms with E-state index in [1.165, 1.54) is 0 Å². The average Bonchev–Trinajstić information content (AvgIpc) is 2.74. The zero-order chi connectivity index (χ0) is 14.8. The number of carbonyl (C=O) groups is 1. The Hall–Kier alpha value is -1.02. The molecule has 0 bridgehead atoms. The largest absolute Gasteiger partial charge is 0.411 e. The summed E-state index contributed by atoms with van der Waals surface area (Å²) < 4.78 is 44.6. The molecule has 20 heavy (non-hydrogen) atoms. The fourth-order valence-electron chi connectivity index (χ4n) is 2.74. The van der Waals surface area contributed by atoms with Crippen LogP contribution in [0.3, 0.4) is 0 Å². The molecule has 2 amide bonds. The van der Waals surface area contributed by atoms with Crippen LogP contribution in [0.25, 0.3) is 0 Å². The number of hydrogen-bond donors (Lipinski definition) is 3. The number of aliphatic hydroxyl groups excluding tert-OH is 1. The van der Waals surface area contributed by atoms with Gasteiger partial charge in [0.1, 0.15) is 5.54 Å². The third-order valence-corrected chi connectivity index (χ3v) is 3.97. The van der Waals surface area contributed by atoms with Crippen LogP contribution in [0.4, 0.5) is 18.0 Å². The van der Waals surface area contributed by atoms with Gasteiger partial charge in [0.05, 0.1) is 25.4 Å². The topological polar surface area (TPSA) is 70.6 Å². The first kappa shape index (κ1) is 15.4. The van der Waals surface area contributed by atoms with Crippen molar-refractivity contribution in [1.82, 2.24) is 10.6 Å². The predicted octanol–water partition coefficient (Wildman–Crippen LogP) is 1.31. The zero-order valence-corrected chi connectivity index (χ0v) is 11.0. The predicted molar refractivity (Wildman–Crippen MR) is 64.2 cm³/mol. The lowest BCUT2D eigenvalue weighted by atomic mass is 9.81. The molecule has 0 spiro atoms. The van der Waals surface area contributed by atoms with Gasteiger partial charge in [-0.1, -0.05) is 19.3 Å². The first-order valence-electron chi connectivity index (χ1n) is 6.75. The number of alkyl halides is 3. The number of hydrogen-bond acceptors (Lipinski definition) is 3. The maximum atomic E-state index is 13.2. The van der Waals surface area contributed by atoms with Crippen LogP contribution >= 0.6 is 0 Å². The SMILES string of the molecule is O=C(N[C@@H]1COC[C@H]1O)NC1(C(F)(F)F)CCCCC1. The number of rotatable bonds is 2. The summed E-state index contributed by atoms with van der Waals surface area (Å²) in [4.78, 5) is 11.8. The summed E-state index contributed by atoms with van der Waals surface area (Å²) in [5.41, 5.74) is -2.15. The van der Waals surface area contributed by atoms with Crippen molar-refractivity contribution >= 4 is 6.03 Å². The molecular weight excluding hydrogens is 277 g/mol. The van der Waals surface area contributed by atoms with Crippen molar-refractivity contribution in [3.8, 4) is 0 Å². The van der Waals surface area contributed by atoms with E-state index in [1.807, 2.05) is 0 Å². The lowest BCUT2D eigenvalue weighted by molar-refractivity contribution is -0.201. The summed E-state index contributed by atoms with van der Waals surface area (Å²) in [7, 11) is 0. The molecule has 2 aliphatic rings. The van der Waals surface area contributed by atoms with Gasteiger partial charge in [0.25, 0.3) is 0 Å². The number of nitrogens with one attached hydrogen (secondary N) is 2. The normalized spacial score (nSPS) is 30.0. The molecule has 0 aromatic heterocycles. The van der Waals surface area contributed by atoms with Gasteiger partial charge in [-0.05, 0) is 12.8 Å². The zero-order valence-electron chi connectivity index (χ0n) is 11.0. The number of halogens is 3. The lowest BCUT2D eigenvalue weighted by Crippen LogP contribution is -2.63. The molecule has 5 nitrogen and oxygen atoms in total. The van der Waals surface area contributed by atoms with Gasteiger partial charge >= 0.3 is 12.2 Å². The van der Waals surface area contributed by atoms with Crippen molar-refractivity contribution in [1.29, 1.82) is 0 Å². The molecule has 2 atom stereocenters. The van der Waals surface area contributed by atoms with Crippen molar-refractivity contribution in [2.75, 3.05) is 13.2 Å². The molecule has 1 saturated heterocycles. The Morgan fingerprint density at radius 1 is 1.20 bits per heavy atom. The van der Waals surface area contributed by atoms with Crippen molar-refractivity contribution in [3.05, 3.63) is 0 Å². The van der Waals surface area contributed by atoms with Crippen LogP contribution in [0.5, 0.6) is 0 Å². The molecule has 1 heterocycles. The van der Waals surface area contributed by atoms with Gasteiger partial charge in [0, 0.05) is 0 Å². The number of aliphatic hydroxyl groups is 1. The Morgan fingerprint density at radius 3 is 2.35 bits per heavy atom. The molecule has 0 unspecified atom stereocenters. The summed E-state index contributed by atoms with van der Waals surface area (Å²) in [6.07, 6.45) is -3.94. The van der Waals surface area contributed by atoms with E-state index in [9.17, 15) is 23.1 Å². The maximum absolute atomic E-state index is 13.2. The minimum Gasteiger partial charge on any atom is -0.388 e. The van der Waals surface area contributed by atoms with Crippen molar-refractivity contribution in [3.63, 3.8) is 0 Å². The molecule has 0 aromatic carbocycles. The molecule has 8 heteroatoms. The monoisotopic (exact) mass is 296 g/mol. The van der Waals surface area contributed by atoms with Crippen molar-refractivity contribution in [2.45, 2.75) is 56.0 Å². The number of ether oxygens (including phenoxy) is 1. The second kappa shape index (κ2) is 5.77. The Morgan fingerprint density at radius 2 is 1.85 bits per heavy atom. The number of urea groups is 1. The smallest absolute Gasteiger partial charge is 0.388 e. The van der Waals surface area contributed by atoms with Gasteiger partial charge in [0.2, 0.25) is 0 Å². The number of amides is 2. The van der Waals surface area contributed by atoms with E-state index >= 15 is 0 Å². The first-order valence-corrected chi connectivity index (χ1v) is 6.75. The van der Waals surface area contributed by atoms with Gasteiger partial charge in [-0.3, -0.25) is 0 Å². The molecule has 2 rings (SSSR count). The van der Waals surface area contributed by atoms with Crippen LogP contribution in [0.2, 0.25) is 0 Å². The fourth-order valence-corrected chi connectivity index (χ4v) is 2.74. The van der Waals surface area contributed by atoms with Crippen LogP contribution in [-0.2, 0) is 4.74 Å². The Labute approximate surface area is 114 Å². The van der Waals surface area contributed by atoms with Crippen LogP contribution in [0.1, 0.15) is 32.1 Å². The Balaban J connectivity index is 1.99. The van der Waals surface area contributed by atoms with E-state index in [4.69, 9.17) is 4.74 Å². The summed E-state index contributed by atoms with van der Waals surface area (Å²) in [6.45, 7) is 0.183. The standard InChI is InChI=1S/C12H19F3N2O3/c13-12(14,15)11(4-2-1-3-5-11)17-10(19)16-8-6-20-7-9(8)18/h8-9,18H,1-7H2,(H2,16,17,19)/t8-,9-/m1/s1. The van der Waals surface area contributed by atoms with Crippen LogP contribution in [0.15, 0.2) is 0 Å². The molecule has 0 aromatic rings. The third-order valence-electron chi connectivity index (χ3n) is 3.97. The number of carbonyl (C=O) groups excluding carboxylic acids is 1. The minimum atomic E-state index is -4.48. The molecule has 1 saturated carbocycles. The van der Waals surface area contributed by atoms with Gasteiger partial charge in [-0.15, -0.1) is 0 Å². The summed E-state index contributed by atoms with van der Waals surface area (Å²) in [5.74, 6) is 0. The van der Waals surface area contributed by atoms with Gasteiger partial charge in [-0.25, -0.2) is 4.79 Å². The Kier molecular flexibility index (Phi) is 4.43. The first-order chi connectivity index (χ1) is 9.34. The van der Waals surface area contributed by atoms with Crippen LogP contribution in [0, 0.1) is 0 Å². The van der Waals surface area contributed by atoms with E-state index in [1.54, 1.807) is 0 Å². The fraction of sp³-hybridized carbons (Fsp3) is 0.917. The van der Waals surface area contributed by atoms with Gasteiger partial charge < -0.3 is 20.5 Å². The van der Waals surface area contributed by atoms with E-state index < -0.39 is 29.9 Å². The van der Waals surface area contributed by atoms with E-state index in [0.717, 1.165) is 6.42 Å². The molecular formula is C12H19F3N2O3. The molecule has 1 aliphatic carbocycles. The van der Waals surface area contributed by atoms with Crippen LogP contribution < -0.4 is 10.6 Å². The highest BCUT2D eigenvalue weighted by Crippen LogP contribution is 2.41. The lowest BCUT2D eigenvalue weighted by Gasteiger charge is -2.39. The molecule has 1 aliphatic heterocycles. The minimum absolute atomic E-state index is 0.0787. The molecule has 116 valence electrons. The highest BCUT2D eigenvalue weighted by atomic mass is 19.4. The average molecular weight is 296 g/mol. The van der Waals surface area contributed by atoms with Gasteiger partial charge in [-0.2, -0.15) is 13.2 Å². The summed E-state index contributed by atoms with van der Waals surface area (Å²) in [6, 6.07) is -1.57.